The van der Waals surface area contributed by atoms with Gasteiger partial charge in [0.1, 0.15) is 0 Å². The Morgan fingerprint density at radius 1 is 1.73 bits per heavy atom. The number of hydrogen-bond acceptors (Lipinski definition) is 4. The molecule has 1 saturated heterocycles. The minimum atomic E-state index is -0.463. The zero-order chi connectivity index (χ0) is 10.7. The SMILES string of the molecule is O=[N+]([O-])c1ccn(CC2CCCNC2)n1. The molecule has 1 aliphatic heterocycles. The molecular formula is C9H14N4O2. The molecule has 0 spiro atoms. The van der Waals surface area contributed by atoms with Crippen LogP contribution in [0.2, 0.25) is 0 Å². The third-order valence-corrected chi connectivity index (χ3v) is 2.66. The number of nitrogens with one attached hydrogen (secondary N) is 1. The average molecular weight is 210 g/mol. The topological polar surface area (TPSA) is 73.0 Å². The normalized spacial score (nSPS) is 21.5. The van der Waals surface area contributed by atoms with E-state index in [1.165, 1.54) is 18.9 Å². The Bertz CT molecular complexity index is 344. The van der Waals surface area contributed by atoms with Gasteiger partial charge in [0.25, 0.3) is 0 Å². The molecule has 1 fully saturated rings. The van der Waals surface area contributed by atoms with Crippen molar-refractivity contribution < 1.29 is 4.92 Å². The van der Waals surface area contributed by atoms with E-state index < -0.39 is 4.92 Å². The molecule has 0 radical (unpaired) electrons. The predicted octanol–water partition coefficient (Wildman–Crippen LogP) is 0.791. The first-order chi connectivity index (χ1) is 7.25. The second kappa shape index (κ2) is 4.39. The lowest BCUT2D eigenvalue weighted by Gasteiger charge is -2.21. The molecule has 1 aromatic rings. The summed E-state index contributed by atoms with van der Waals surface area (Å²) in [6, 6.07) is 1.44. The molecule has 0 aliphatic carbocycles. The standard InChI is InChI=1S/C9H14N4O2/c14-13(15)9-3-5-12(11-9)7-8-2-1-4-10-6-8/h3,5,8,10H,1-2,4,6-7H2. The summed E-state index contributed by atoms with van der Waals surface area (Å²) in [5.74, 6) is 0.469. The maximum Gasteiger partial charge on any atom is 0.389 e. The van der Waals surface area contributed by atoms with Crippen LogP contribution in [0, 0.1) is 16.0 Å². The summed E-state index contributed by atoms with van der Waals surface area (Å²) < 4.78 is 1.66. The van der Waals surface area contributed by atoms with E-state index in [1.54, 1.807) is 10.9 Å². The van der Waals surface area contributed by atoms with E-state index >= 15 is 0 Å². The number of nitrogens with zero attached hydrogens (tertiary/aromatic N) is 3. The van der Waals surface area contributed by atoms with Crippen molar-refractivity contribution in [3.05, 3.63) is 22.4 Å². The van der Waals surface area contributed by atoms with Crippen LogP contribution in [0.25, 0.3) is 0 Å². The quantitative estimate of drug-likeness (QED) is 0.591. The maximum atomic E-state index is 10.4. The fourth-order valence-electron chi connectivity index (χ4n) is 1.89. The largest absolute Gasteiger partial charge is 0.389 e. The summed E-state index contributed by atoms with van der Waals surface area (Å²) in [7, 11) is 0. The summed E-state index contributed by atoms with van der Waals surface area (Å²) in [5.41, 5.74) is 0. The van der Waals surface area contributed by atoms with Gasteiger partial charge >= 0.3 is 5.82 Å². The summed E-state index contributed by atoms with van der Waals surface area (Å²) in [6.07, 6.45) is 4.02. The third kappa shape index (κ3) is 2.53. The molecule has 15 heavy (non-hydrogen) atoms. The molecule has 0 bridgehead atoms. The van der Waals surface area contributed by atoms with Gasteiger partial charge in [0, 0.05) is 0 Å². The molecule has 6 nitrogen and oxygen atoms in total. The first-order valence-electron chi connectivity index (χ1n) is 5.14. The Hall–Kier alpha value is -1.43. The highest BCUT2D eigenvalue weighted by Crippen LogP contribution is 2.13. The van der Waals surface area contributed by atoms with E-state index in [-0.39, 0.29) is 5.82 Å². The van der Waals surface area contributed by atoms with Gasteiger partial charge in [-0.2, -0.15) is 4.68 Å². The van der Waals surface area contributed by atoms with Gasteiger partial charge in [0.2, 0.25) is 0 Å². The van der Waals surface area contributed by atoms with Crippen LogP contribution >= 0.6 is 0 Å². The summed E-state index contributed by atoms with van der Waals surface area (Å²) in [4.78, 5) is 9.96. The van der Waals surface area contributed by atoms with E-state index in [4.69, 9.17) is 0 Å². The van der Waals surface area contributed by atoms with Gasteiger partial charge in [-0.1, -0.05) is 0 Å². The Labute approximate surface area is 87.4 Å². The fraction of sp³-hybridized carbons (Fsp3) is 0.667. The molecule has 1 atom stereocenters. The predicted molar refractivity (Wildman–Crippen MR) is 54.5 cm³/mol. The zero-order valence-electron chi connectivity index (χ0n) is 8.43. The van der Waals surface area contributed by atoms with Crippen LogP contribution in [0.3, 0.4) is 0 Å². The van der Waals surface area contributed by atoms with Crippen molar-refractivity contribution in [2.24, 2.45) is 5.92 Å². The molecular weight excluding hydrogens is 196 g/mol. The van der Waals surface area contributed by atoms with Crippen molar-refractivity contribution in [1.29, 1.82) is 0 Å². The van der Waals surface area contributed by atoms with Crippen LogP contribution < -0.4 is 5.32 Å². The third-order valence-electron chi connectivity index (χ3n) is 2.66. The van der Waals surface area contributed by atoms with Gasteiger partial charge in [0.15, 0.2) is 0 Å². The molecule has 82 valence electrons. The van der Waals surface area contributed by atoms with Crippen molar-refractivity contribution in [2.45, 2.75) is 19.4 Å². The zero-order valence-corrected chi connectivity index (χ0v) is 8.43. The molecule has 0 amide bonds. The first kappa shape index (κ1) is 10.1. The lowest BCUT2D eigenvalue weighted by molar-refractivity contribution is -0.389. The van der Waals surface area contributed by atoms with Gasteiger partial charge in [-0.25, -0.2) is 0 Å². The number of rotatable bonds is 3. The van der Waals surface area contributed by atoms with Gasteiger partial charge in [-0.05, 0) is 36.8 Å². The van der Waals surface area contributed by atoms with E-state index in [9.17, 15) is 10.1 Å². The monoisotopic (exact) mass is 210 g/mol. The van der Waals surface area contributed by atoms with Crippen LogP contribution in [-0.2, 0) is 6.54 Å². The molecule has 1 N–H and O–H groups in total. The highest BCUT2D eigenvalue weighted by molar-refractivity contribution is 5.13. The lowest BCUT2D eigenvalue weighted by Crippen LogP contribution is -2.32. The minimum Gasteiger partial charge on any atom is -0.358 e. The van der Waals surface area contributed by atoms with E-state index in [2.05, 4.69) is 10.4 Å². The molecule has 6 heteroatoms. The van der Waals surface area contributed by atoms with Crippen LogP contribution in [0.5, 0.6) is 0 Å². The van der Waals surface area contributed by atoms with Gasteiger partial charge in [-0.15, -0.1) is 0 Å². The fourth-order valence-corrected chi connectivity index (χ4v) is 1.89. The highest BCUT2D eigenvalue weighted by Gasteiger charge is 2.17. The molecule has 1 aliphatic rings. The number of aromatic nitrogens is 2. The summed E-state index contributed by atoms with van der Waals surface area (Å²) in [5, 5.41) is 17.6. The molecule has 1 aromatic heterocycles. The number of piperidine rings is 1. The minimum absolute atomic E-state index is 0.0706. The second-order valence-electron chi connectivity index (χ2n) is 3.87. The van der Waals surface area contributed by atoms with E-state index in [0.717, 1.165) is 19.6 Å². The van der Waals surface area contributed by atoms with E-state index in [1.807, 2.05) is 0 Å². The Kier molecular flexibility index (Phi) is 2.96. The molecule has 2 heterocycles. The smallest absolute Gasteiger partial charge is 0.358 e. The molecule has 1 unspecified atom stereocenters. The summed E-state index contributed by atoms with van der Waals surface area (Å²) in [6.45, 7) is 2.82. The molecule has 2 rings (SSSR count). The van der Waals surface area contributed by atoms with Crippen LogP contribution in [0.1, 0.15) is 12.8 Å². The van der Waals surface area contributed by atoms with Crippen molar-refractivity contribution in [2.75, 3.05) is 13.1 Å². The first-order valence-corrected chi connectivity index (χ1v) is 5.14. The van der Waals surface area contributed by atoms with Crippen LogP contribution in [0.4, 0.5) is 5.82 Å². The Balaban J connectivity index is 1.94. The lowest BCUT2D eigenvalue weighted by atomic mass is 10.00. The molecule has 0 saturated carbocycles. The van der Waals surface area contributed by atoms with Crippen LogP contribution in [0.15, 0.2) is 12.3 Å². The number of hydrogen-bond donors (Lipinski definition) is 1. The molecule has 0 aromatic carbocycles. The highest BCUT2D eigenvalue weighted by atomic mass is 16.6. The van der Waals surface area contributed by atoms with E-state index in [0.29, 0.717) is 5.92 Å². The Morgan fingerprint density at radius 3 is 3.20 bits per heavy atom. The van der Waals surface area contributed by atoms with Crippen molar-refractivity contribution >= 4 is 5.82 Å². The van der Waals surface area contributed by atoms with Crippen LogP contribution in [-0.4, -0.2) is 27.8 Å². The van der Waals surface area contributed by atoms with Gasteiger partial charge in [-0.3, -0.25) is 0 Å². The van der Waals surface area contributed by atoms with Gasteiger partial charge < -0.3 is 15.4 Å². The average Bonchev–Trinajstić information content (AvgIpc) is 2.68. The van der Waals surface area contributed by atoms with Crippen molar-refractivity contribution in [3.8, 4) is 0 Å². The second-order valence-corrected chi connectivity index (χ2v) is 3.87. The van der Waals surface area contributed by atoms with Gasteiger partial charge in [0.05, 0.1) is 23.9 Å². The van der Waals surface area contributed by atoms with Crippen molar-refractivity contribution in [1.82, 2.24) is 15.1 Å². The number of nitro groups is 1. The van der Waals surface area contributed by atoms with Crippen molar-refractivity contribution in [3.63, 3.8) is 0 Å². The maximum absolute atomic E-state index is 10.4. The summed E-state index contributed by atoms with van der Waals surface area (Å²) >= 11 is 0. The Morgan fingerprint density at radius 2 is 2.60 bits per heavy atom.